The molecule has 0 saturated carbocycles. The summed E-state index contributed by atoms with van der Waals surface area (Å²) in [4.78, 5) is 9.30. The standard InChI is InChI=1S/C21H20N4O/c1-15-6-4-7-16(12-15)13-23-21-24-19-10-3-2-9-18(19)20(25-21)22-14-17-8-5-11-26-17/h2-12H,13-14H2,1H3,(H2,22,23,24,25). The van der Waals surface area contributed by atoms with Crippen LogP contribution in [-0.2, 0) is 13.1 Å². The van der Waals surface area contributed by atoms with Gasteiger partial charge in [0, 0.05) is 11.9 Å². The molecule has 0 aliphatic rings. The van der Waals surface area contributed by atoms with Crippen molar-refractivity contribution in [3.8, 4) is 0 Å². The number of fused-ring (bicyclic) bond motifs is 1. The average molecular weight is 344 g/mol. The second-order valence-electron chi connectivity index (χ2n) is 6.19. The Morgan fingerprint density at radius 3 is 2.65 bits per heavy atom. The Kier molecular flexibility index (Phi) is 4.51. The maximum Gasteiger partial charge on any atom is 0.225 e. The molecule has 0 spiro atoms. The van der Waals surface area contributed by atoms with E-state index in [-0.39, 0.29) is 0 Å². The van der Waals surface area contributed by atoms with E-state index in [0.29, 0.717) is 19.0 Å². The zero-order valence-corrected chi connectivity index (χ0v) is 14.6. The third kappa shape index (κ3) is 3.67. The first-order valence-corrected chi connectivity index (χ1v) is 8.60. The molecule has 4 aromatic rings. The summed E-state index contributed by atoms with van der Waals surface area (Å²) in [5.74, 6) is 2.26. The van der Waals surface area contributed by atoms with Crippen LogP contribution in [0.2, 0.25) is 0 Å². The number of para-hydroxylation sites is 1. The van der Waals surface area contributed by atoms with Crippen molar-refractivity contribution in [1.29, 1.82) is 0 Å². The fourth-order valence-corrected chi connectivity index (χ4v) is 2.88. The minimum Gasteiger partial charge on any atom is -0.467 e. The maximum absolute atomic E-state index is 5.39. The number of aromatic nitrogens is 2. The van der Waals surface area contributed by atoms with Gasteiger partial charge in [0.25, 0.3) is 0 Å². The number of hydrogen-bond acceptors (Lipinski definition) is 5. The van der Waals surface area contributed by atoms with Crippen LogP contribution in [0.4, 0.5) is 11.8 Å². The molecule has 0 amide bonds. The Bertz CT molecular complexity index is 1010. The molecule has 0 fully saturated rings. The summed E-state index contributed by atoms with van der Waals surface area (Å²) in [6.07, 6.45) is 1.67. The quantitative estimate of drug-likeness (QED) is 0.528. The SMILES string of the molecule is Cc1cccc(CNc2nc(NCc3ccco3)c3ccccc3n2)c1. The lowest BCUT2D eigenvalue weighted by Gasteiger charge is -2.11. The summed E-state index contributed by atoms with van der Waals surface area (Å²) < 4.78 is 5.39. The average Bonchev–Trinajstić information content (AvgIpc) is 3.18. The first-order chi connectivity index (χ1) is 12.8. The van der Waals surface area contributed by atoms with Crippen LogP contribution in [0.15, 0.2) is 71.3 Å². The molecule has 5 heteroatoms. The first kappa shape index (κ1) is 16.1. The molecule has 0 aliphatic carbocycles. The van der Waals surface area contributed by atoms with E-state index >= 15 is 0 Å². The molecule has 2 aromatic heterocycles. The zero-order valence-electron chi connectivity index (χ0n) is 14.6. The molecule has 0 saturated heterocycles. The van der Waals surface area contributed by atoms with Crippen LogP contribution < -0.4 is 10.6 Å². The second-order valence-corrected chi connectivity index (χ2v) is 6.19. The van der Waals surface area contributed by atoms with Crippen molar-refractivity contribution in [3.63, 3.8) is 0 Å². The number of aryl methyl sites for hydroxylation is 1. The Morgan fingerprint density at radius 1 is 0.885 bits per heavy atom. The van der Waals surface area contributed by atoms with Crippen LogP contribution >= 0.6 is 0 Å². The number of benzene rings is 2. The van der Waals surface area contributed by atoms with E-state index in [2.05, 4.69) is 51.8 Å². The zero-order chi connectivity index (χ0) is 17.8. The van der Waals surface area contributed by atoms with E-state index in [9.17, 15) is 0 Å². The van der Waals surface area contributed by atoms with Gasteiger partial charge in [0.05, 0.1) is 18.3 Å². The summed E-state index contributed by atoms with van der Waals surface area (Å²) in [5.41, 5.74) is 3.34. The normalized spacial score (nSPS) is 10.8. The largest absolute Gasteiger partial charge is 0.467 e. The van der Waals surface area contributed by atoms with Gasteiger partial charge in [-0.15, -0.1) is 0 Å². The molecule has 2 aromatic carbocycles. The smallest absolute Gasteiger partial charge is 0.225 e. The molecular formula is C21H20N4O. The van der Waals surface area contributed by atoms with Gasteiger partial charge < -0.3 is 15.1 Å². The van der Waals surface area contributed by atoms with E-state index in [1.807, 2.05) is 36.4 Å². The van der Waals surface area contributed by atoms with Crippen molar-refractivity contribution in [2.45, 2.75) is 20.0 Å². The lowest BCUT2D eigenvalue weighted by atomic mass is 10.1. The summed E-state index contributed by atoms with van der Waals surface area (Å²) in [7, 11) is 0. The van der Waals surface area contributed by atoms with Crippen molar-refractivity contribution in [3.05, 3.63) is 83.8 Å². The topological polar surface area (TPSA) is 63.0 Å². The van der Waals surface area contributed by atoms with Gasteiger partial charge in [-0.2, -0.15) is 4.98 Å². The molecule has 0 aliphatic heterocycles. The van der Waals surface area contributed by atoms with Gasteiger partial charge in [0.1, 0.15) is 11.6 Å². The summed E-state index contributed by atoms with van der Waals surface area (Å²) in [5, 5.41) is 7.67. The summed E-state index contributed by atoms with van der Waals surface area (Å²) >= 11 is 0. The highest BCUT2D eigenvalue weighted by Gasteiger charge is 2.08. The van der Waals surface area contributed by atoms with Crippen LogP contribution in [0, 0.1) is 6.92 Å². The molecule has 5 nitrogen and oxygen atoms in total. The highest BCUT2D eigenvalue weighted by atomic mass is 16.3. The van der Waals surface area contributed by atoms with Gasteiger partial charge in [-0.25, -0.2) is 4.98 Å². The Labute approximate surface area is 152 Å². The molecule has 2 N–H and O–H groups in total. The number of nitrogens with one attached hydrogen (secondary N) is 2. The predicted octanol–water partition coefficient (Wildman–Crippen LogP) is 4.76. The van der Waals surface area contributed by atoms with Crippen LogP contribution in [0.25, 0.3) is 10.9 Å². The van der Waals surface area contributed by atoms with Crippen molar-refractivity contribution < 1.29 is 4.42 Å². The first-order valence-electron chi connectivity index (χ1n) is 8.60. The minimum absolute atomic E-state index is 0.575. The number of rotatable bonds is 6. The second kappa shape index (κ2) is 7.27. The van der Waals surface area contributed by atoms with E-state index in [0.717, 1.165) is 22.5 Å². The van der Waals surface area contributed by atoms with Crippen molar-refractivity contribution >= 4 is 22.7 Å². The molecule has 4 rings (SSSR count). The van der Waals surface area contributed by atoms with Crippen molar-refractivity contribution in [2.24, 2.45) is 0 Å². The third-order valence-corrected chi connectivity index (χ3v) is 4.15. The molecule has 0 atom stereocenters. The van der Waals surface area contributed by atoms with Crippen LogP contribution in [0.5, 0.6) is 0 Å². The molecule has 2 heterocycles. The van der Waals surface area contributed by atoms with Crippen molar-refractivity contribution in [1.82, 2.24) is 9.97 Å². The number of hydrogen-bond donors (Lipinski definition) is 2. The fraction of sp³-hybridized carbons (Fsp3) is 0.143. The fourth-order valence-electron chi connectivity index (χ4n) is 2.88. The third-order valence-electron chi connectivity index (χ3n) is 4.15. The van der Waals surface area contributed by atoms with Crippen LogP contribution in [0.1, 0.15) is 16.9 Å². The Balaban J connectivity index is 1.58. The van der Waals surface area contributed by atoms with Crippen LogP contribution in [0.3, 0.4) is 0 Å². The van der Waals surface area contributed by atoms with E-state index in [1.54, 1.807) is 6.26 Å². The predicted molar refractivity (Wildman–Crippen MR) is 104 cm³/mol. The van der Waals surface area contributed by atoms with Gasteiger partial charge in [-0.1, -0.05) is 42.0 Å². The molecule has 0 radical (unpaired) electrons. The molecular weight excluding hydrogens is 324 g/mol. The van der Waals surface area contributed by atoms with Gasteiger partial charge in [-0.05, 0) is 36.8 Å². The Hall–Kier alpha value is -3.34. The molecule has 130 valence electrons. The van der Waals surface area contributed by atoms with E-state index in [1.165, 1.54) is 11.1 Å². The monoisotopic (exact) mass is 344 g/mol. The van der Waals surface area contributed by atoms with E-state index in [4.69, 9.17) is 4.42 Å². The molecule has 0 bridgehead atoms. The summed E-state index contributed by atoms with van der Waals surface area (Å²) in [6.45, 7) is 3.34. The molecule has 26 heavy (non-hydrogen) atoms. The van der Waals surface area contributed by atoms with Gasteiger partial charge >= 0.3 is 0 Å². The lowest BCUT2D eigenvalue weighted by molar-refractivity contribution is 0.518. The lowest BCUT2D eigenvalue weighted by Crippen LogP contribution is -2.08. The Morgan fingerprint density at radius 2 is 1.81 bits per heavy atom. The van der Waals surface area contributed by atoms with Crippen molar-refractivity contribution in [2.75, 3.05) is 10.6 Å². The highest BCUT2D eigenvalue weighted by Crippen LogP contribution is 2.22. The van der Waals surface area contributed by atoms with Gasteiger partial charge in [0.15, 0.2) is 0 Å². The number of anilines is 2. The number of nitrogens with zero attached hydrogens (tertiary/aromatic N) is 2. The van der Waals surface area contributed by atoms with E-state index < -0.39 is 0 Å². The molecule has 0 unspecified atom stereocenters. The van der Waals surface area contributed by atoms with Gasteiger partial charge in [-0.3, -0.25) is 0 Å². The number of furan rings is 1. The van der Waals surface area contributed by atoms with Crippen LogP contribution in [-0.4, -0.2) is 9.97 Å². The highest BCUT2D eigenvalue weighted by molar-refractivity contribution is 5.89. The summed E-state index contributed by atoms with van der Waals surface area (Å²) in [6, 6.07) is 20.2. The minimum atomic E-state index is 0.575. The van der Waals surface area contributed by atoms with Gasteiger partial charge in [0.2, 0.25) is 5.95 Å². The maximum atomic E-state index is 5.39.